The average Bonchev–Trinajstić information content (AvgIpc) is 0.895. The van der Waals surface area contributed by atoms with Crippen LogP contribution in [0.1, 0.15) is 470 Å². The molecule has 0 aliphatic heterocycles. The minimum atomic E-state index is -4.95. The highest BCUT2D eigenvalue weighted by Crippen LogP contribution is 2.45. The summed E-state index contributed by atoms with van der Waals surface area (Å²) in [6.07, 6.45) is 145. The first-order valence-electron chi connectivity index (χ1n) is 54.7. The summed E-state index contributed by atoms with van der Waals surface area (Å²) in [5.41, 5.74) is 0. The largest absolute Gasteiger partial charge is 0.472 e. The van der Waals surface area contributed by atoms with Crippen molar-refractivity contribution < 1.29 is 75.8 Å². The van der Waals surface area contributed by atoms with Crippen LogP contribution in [-0.2, 0) is 55.8 Å². The Balaban J connectivity index is 4.59. The van der Waals surface area contributed by atoms with E-state index in [-0.39, 0.29) is 19.3 Å². The number of aliphatic hydroxyl groups excluding tert-OH is 2. The van der Waals surface area contributed by atoms with Crippen LogP contribution >= 0.6 is 15.6 Å². The first kappa shape index (κ1) is 129. The molecule has 16 nitrogen and oxygen atoms in total. The van der Waals surface area contributed by atoms with Crippen molar-refractivity contribution in [2.45, 2.75) is 489 Å². The normalized spacial score (nSPS) is 14.3. The van der Waals surface area contributed by atoms with Gasteiger partial charge in [0.05, 0.1) is 26.4 Å². The second kappa shape index (κ2) is 107. The van der Waals surface area contributed by atoms with Crippen LogP contribution in [0.15, 0.2) is 194 Å². The fraction of sp³-hybridized carbons (Fsp3) is 0.701. The van der Waals surface area contributed by atoms with Crippen LogP contribution < -0.4 is 0 Å². The van der Waals surface area contributed by atoms with Gasteiger partial charge >= 0.3 is 33.6 Å². The van der Waals surface area contributed by atoms with Crippen molar-refractivity contribution in [3.05, 3.63) is 194 Å². The second-order valence-corrected chi connectivity index (χ2v) is 39.2. The SMILES string of the molecule is CC/C=C\C/C=C\C/C=C\C/C=C\C/C=C\C/C=C\CCCCCCCCCCCCCCCCCCC(=O)OCC(O)COP(=O)(O)OCC(O)COP(=O)(O)OCC(COC(=O)CCCCCCCCCCCCCCCCCCCCC/C=C\C/C=C\C/C=C\C/C=C\C/C=C\CC)OC(=O)CCCCCCCCCCCCCCC/C=C\C/C=C\C/C=C\C/C=C\C/C=C\CC. The molecule has 774 valence electrons. The van der Waals surface area contributed by atoms with E-state index in [4.69, 9.17) is 32.3 Å². The monoisotopic (exact) mass is 1920 g/mol. The van der Waals surface area contributed by atoms with E-state index >= 15 is 0 Å². The highest BCUT2D eigenvalue weighted by Gasteiger charge is 2.30. The van der Waals surface area contributed by atoms with Crippen molar-refractivity contribution in [3.63, 3.8) is 0 Å². The molecule has 5 atom stereocenters. The Morgan fingerprint density at radius 1 is 0.207 bits per heavy atom. The van der Waals surface area contributed by atoms with Crippen LogP contribution in [0.2, 0.25) is 0 Å². The van der Waals surface area contributed by atoms with Crippen LogP contribution in [0.3, 0.4) is 0 Å². The van der Waals surface area contributed by atoms with Crippen molar-refractivity contribution in [2.75, 3.05) is 39.6 Å². The van der Waals surface area contributed by atoms with Crippen LogP contribution in [-0.4, -0.2) is 95.9 Å². The van der Waals surface area contributed by atoms with E-state index in [1.807, 2.05) is 0 Å². The number of hydrogen-bond acceptors (Lipinski definition) is 14. The molecule has 5 unspecified atom stereocenters. The average molecular weight is 1920 g/mol. The summed E-state index contributed by atoms with van der Waals surface area (Å²) in [6, 6.07) is 0. The third-order valence-corrected chi connectivity index (χ3v) is 25.2. The molecule has 0 radical (unpaired) electrons. The summed E-state index contributed by atoms with van der Waals surface area (Å²) in [5, 5.41) is 20.8. The fourth-order valence-electron chi connectivity index (χ4n) is 15.2. The quantitative estimate of drug-likeness (QED) is 0.0146. The molecule has 0 rings (SSSR count). The van der Waals surface area contributed by atoms with Gasteiger partial charge in [0.15, 0.2) is 6.10 Å². The summed E-state index contributed by atoms with van der Waals surface area (Å²) in [5.74, 6) is -1.55. The van der Waals surface area contributed by atoms with Crippen LogP contribution in [0, 0.1) is 0 Å². The number of aliphatic hydroxyl groups is 2. The molecule has 0 fully saturated rings. The summed E-state index contributed by atoms with van der Waals surface area (Å²) < 4.78 is 61.8. The Morgan fingerprint density at radius 3 is 0.585 bits per heavy atom. The summed E-state index contributed by atoms with van der Waals surface area (Å²) in [4.78, 5) is 59.3. The molecule has 0 amide bonds. The number of rotatable bonds is 103. The number of esters is 3. The lowest BCUT2D eigenvalue weighted by Crippen LogP contribution is -2.30. The number of carbonyl (C=O) groups excluding carboxylic acids is 3. The van der Waals surface area contributed by atoms with E-state index < -0.39 is 91.5 Å². The summed E-state index contributed by atoms with van der Waals surface area (Å²) in [6.45, 7) is 2.43. The molecule has 0 saturated carbocycles. The first-order chi connectivity index (χ1) is 66.2. The van der Waals surface area contributed by atoms with Crippen molar-refractivity contribution >= 4 is 33.6 Å². The molecule has 0 aromatic rings. The van der Waals surface area contributed by atoms with E-state index in [1.165, 1.54) is 238 Å². The molecule has 0 bridgehead atoms. The van der Waals surface area contributed by atoms with Gasteiger partial charge in [-0.05, 0) is 161 Å². The molecule has 0 aromatic carbocycles. The van der Waals surface area contributed by atoms with Crippen molar-refractivity contribution in [1.29, 1.82) is 0 Å². The molecular weight excluding hydrogens is 1720 g/mol. The van der Waals surface area contributed by atoms with Crippen LogP contribution in [0.4, 0.5) is 0 Å². The zero-order valence-electron chi connectivity index (χ0n) is 86.0. The molecule has 0 aliphatic rings. The molecule has 0 aliphatic carbocycles. The third kappa shape index (κ3) is 109. The minimum Gasteiger partial charge on any atom is -0.463 e. The van der Waals surface area contributed by atoms with E-state index in [0.717, 1.165) is 173 Å². The standard InChI is InChI=1S/C117H200O16P2/c1-4-7-10-13-16-19-22-25-28-31-34-37-40-43-46-49-51-53-55-57-59-62-64-67-70-73-76-79-82-85-88-91-94-97-100-103-115(120)127-106-112(118)107-129-134(123,124)130-108-113(119)109-131-135(125,126)132-111-114(133-117(122)105-102-99-96-93-90-87-84-81-78-75-72-69-66-61-48-45-42-39-36-33-30-27-24-21-18-15-12-9-6-3)110-128-116(121)104-101-98-95-92-89-86-83-80-77-74-71-68-65-63-60-58-56-54-52-50-47-44-41-38-35-32-29-26-23-20-17-14-11-8-5-2/h7-12,16-21,25-30,34-39,43-48,51,53,112-114,118-119H,4-6,13-15,22-24,31-33,40-42,49-50,52,54-111H2,1-3H3,(H,123,124)(H,125,126)/b10-7-,11-8-,12-9-,19-16-,20-17-,21-18-,28-25-,29-26-,30-27-,37-34-,38-35-,39-36-,46-43-,47-44-,48-45-,53-51-. The highest BCUT2D eigenvalue weighted by molar-refractivity contribution is 7.47. The van der Waals surface area contributed by atoms with Gasteiger partial charge in [0.1, 0.15) is 25.4 Å². The lowest BCUT2D eigenvalue weighted by molar-refractivity contribution is -0.161. The van der Waals surface area contributed by atoms with E-state index in [0.29, 0.717) is 19.3 Å². The molecule has 18 heteroatoms. The Labute approximate surface area is 827 Å². The fourth-order valence-corrected chi connectivity index (χ4v) is 16.8. The van der Waals surface area contributed by atoms with Crippen molar-refractivity contribution in [2.24, 2.45) is 0 Å². The molecule has 135 heavy (non-hydrogen) atoms. The van der Waals surface area contributed by atoms with Gasteiger partial charge < -0.3 is 34.2 Å². The molecule has 4 N–H and O–H groups in total. The van der Waals surface area contributed by atoms with Crippen LogP contribution in [0.5, 0.6) is 0 Å². The van der Waals surface area contributed by atoms with Gasteiger partial charge in [0.2, 0.25) is 0 Å². The predicted molar refractivity (Wildman–Crippen MR) is 574 cm³/mol. The summed E-state index contributed by atoms with van der Waals surface area (Å²) >= 11 is 0. The number of hydrogen-bond donors (Lipinski definition) is 4. The van der Waals surface area contributed by atoms with E-state index in [1.54, 1.807) is 0 Å². The Hall–Kier alpha value is -5.61. The maximum absolute atomic E-state index is 13.2. The van der Waals surface area contributed by atoms with Crippen molar-refractivity contribution in [1.82, 2.24) is 0 Å². The number of unbranched alkanes of at least 4 members (excludes halogenated alkanes) is 48. The van der Waals surface area contributed by atoms with Gasteiger partial charge in [0.25, 0.3) is 0 Å². The summed E-state index contributed by atoms with van der Waals surface area (Å²) in [7, 11) is -9.82. The zero-order valence-corrected chi connectivity index (χ0v) is 87.8. The smallest absolute Gasteiger partial charge is 0.463 e. The lowest BCUT2D eigenvalue weighted by atomic mass is 10.0. The Kier molecular flexibility index (Phi) is 103. The van der Waals surface area contributed by atoms with Crippen LogP contribution in [0.25, 0.3) is 0 Å². The molecular formula is C117H200O16P2. The predicted octanol–water partition coefficient (Wildman–Crippen LogP) is 35.2. The van der Waals surface area contributed by atoms with E-state index in [2.05, 4.69) is 215 Å². The Morgan fingerprint density at radius 2 is 0.370 bits per heavy atom. The maximum Gasteiger partial charge on any atom is 0.472 e. The maximum atomic E-state index is 13.2. The first-order valence-corrected chi connectivity index (χ1v) is 57.7. The highest BCUT2D eigenvalue weighted by atomic mass is 31.2. The minimum absolute atomic E-state index is 0.101. The topological polar surface area (TPSA) is 231 Å². The molecule has 0 aromatic heterocycles. The zero-order chi connectivity index (χ0) is 97.8. The van der Waals surface area contributed by atoms with Gasteiger partial charge in [-0.3, -0.25) is 32.5 Å². The van der Waals surface area contributed by atoms with Crippen molar-refractivity contribution in [3.8, 4) is 0 Å². The number of allylic oxidation sites excluding steroid dienone is 32. The molecule has 0 spiro atoms. The van der Waals surface area contributed by atoms with Gasteiger partial charge in [-0.1, -0.05) is 485 Å². The number of ether oxygens (including phenoxy) is 3. The number of phosphoric acid groups is 2. The van der Waals surface area contributed by atoms with Gasteiger partial charge in [-0.25, -0.2) is 9.13 Å². The van der Waals surface area contributed by atoms with Gasteiger partial charge in [-0.2, -0.15) is 0 Å². The third-order valence-electron chi connectivity index (χ3n) is 23.3. The lowest BCUT2D eigenvalue weighted by Gasteiger charge is -2.21. The van der Waals surface area contributed by atoms with E-state index in [9.17, 15) is 43.5 Å². The molecule has 0 heterocycles. The molecule has 0 saturated heterocycles. The number of carbonyl (C=O) groups is 3. The Bertz CT molecular complexity index is 3240. The van der Waals surface area contributed by atoms with Gasteiger partial charge in [-0.15, -0.1) is 0 Å². The number of phosphoric ester groups is 2. The second-order valence-electron chi connectivity index (χ2n) is 36.3. The van der Waals surface area contributed by atoms with Gasteiger partial charge in [0, 0.05) is 19.3 Å².